The van der Waals surface area contributed by atoms with E-state index in [1.807, 2.05) is 0 Å². The van der Waals surface area contributed by atoms with E-state index in [1.54, 1.807) is 12.1 Å². The average Bonchev–Trinajstić information content (AvgIpc) is 3.22. The highest BCUT2D eigenvalue weighted by molar-refractivity contribution is 7.93. The molecule has 2 heterocycles. The molecule has 0 atom stereocenters. The standard InChI is InChI=1S/C17H12N4O7S2/c22-14(10-28-16(23)13-3-1-2-8-18-13)20-17-19-9-15(29-17)30(26,27)12-6-4-11(5-7-12)21(24)25/h1-9H,10H2,(H,19,20,22). The van der Waals surface area contributed by atoms with Crippen LogP contribution in [-0.4, -0.2) is 41.8 Å². The smallest absolute Gasteiger partial charge is 0.357 e. The Balaban J connectivity index is 1.63. The second-order valence-corrected chi connectivity index (χ2v) is 8.79. The van der Waals surface area contributed by atoms with E-state index in [1.165, 1.54) is 12.3 Å². The summed E-state index contributed by atoms with van der Waals surface area (Å²) in [7, 11) is -3.97. The maximum Gasteiger partial charge on any atom is 0.357 e. The fourth-order valence-corrected chi connectivity index (χ4v) is 4.60. The van der Waals surface area contributed by atoms with Gasteiger partial charge in [0.05, 0.1) is 16.0 Å². The normalized spacial score (nSPS) is 10.9. The molecule has 154 valence electrons. The number of nitrogens with zero attached hydrogens (tertiary/aromatic N) is 3. The Labute approximate surface area is 173 Å². The van der Waals surface area contributed by atoms with Gasteiger partial charge in [0.2, 0.25) is 9.84 Å². The minimum absolute atomic E-state index is 0.0191. The second-order valence-electron chi connectivity index (χ2n) is 5.58. The fraction of sp³-hybridized carbons (Fsp3) is 0.0588. The van der Waals surface area contributed by atoms with Gasteiger partial charge in [-0.2, -0.15) is 0 Å². The van der Waals surface area contributed by atoms with Gasteiger partial charge in [-0.15, -0.1) is 0 Å². The van der Waals surface area contributed by atoms with Gasteiger partial charge in [0.15, 0.2) is 11.7 Å². The highest BCUT2D eigenvalue weighted by Crippen LogP contribution is 2.29. The molecular formula is C17H12N4O7S2. The van der Waals surface area contributed by atoms with Gasteiger partial charge in [-0.05, 0) is 24.3 Å². The van der Waals surface area contributed by atoms with Crippen LogP contribution in [0.4, 0.5) is 10.8 Å². The number of anilines is 1. The number of rotatable bonds is 7. The van der Waals surface area contributed by atoms with Gasteiger partial charge in [0.1, 0.15) is 9.90 Å². The van der Waals surface area contributed by atoms with Crippen LogP contribution in [0.1, 0.15) is 10.5 Å². The van der Waals surface area contributed by atoms with Crippen LogP contribution in [0.2, 0.25) is 0 Å². The first-order valence-corrected chi connectivity index (χ1v) is 10.4. The van der Waals surface area contributed by atoms with Crippen molar-refractivity contribution in [3.63, 3.8) is 0 Å². The highest BCUT2D eigenvalue weighted by Gasteiger charge is 2.22. The van der Waals surface area contributed by atoms with Gasteiger partial charge >= 0.3 is 5.97 Å². The van der Waals surface area contributed by atoms with Gasteiger partial charge in [-0.1, -0.05) is 17.4 Å². The van der Waals surface area contributed by atoms with E-state index in [9.17, 15) is 28.1 Å². The summed E-state index contributed by atoms with van der Waals surface area (Å²) < 4.78 is 29.9. The molecular weight excluding hydrogens is 436 g/mol. The number of carbonyl (C=O) groups is 2. The summed E-state index contributed by atoms with van der Waals surface area (Å²) in [5.41, 5.74) is -0.206. The summed E-state index contributed by atoms with van der Waals surface area (Å²) in [4.78, 5) is 41.2. The number of aromatic nitrogens is 2. The van der Waals surface area contributed by atoms with E-state index in [0.717, 1.165) is 30.5 Å². The highest BCUT2D eigenvalue weighted by atomic mass is 32.2. The Bertz CT molecular complexity index is 1190. The number of nitro groups is 1. The number of hydrogen-bond donors (Lipinski definition) is 1. The summed E-state index contributed by atoms with van der Waals surface area (Å²) >= 11 is 0.686. The number of non-ortho nitro benzene ring substituents is 1. The summed E-state index contributed by atoms with van der Waals surface area (Å²) in [6, 6.07) is 9.01. The molecule has 11 nitrogen and oxygen atoms in total. The van der Waals surface area contributed by atoms with Crippen molar-refractivity contribution in [2.24, 2.45) is 0 Å². The van der Waals surface area contributed by atoms with Crippen LogP contribution < -0.4 is 5.32 Å². The summed E-state index contributed by atoms with van der Waals surface area (Å²) in [5.74, 6) is -1.50. The fourth-order valence-electron chi connectivity index (χ4n) is 2.15. The third-order valence-electron chi connectivity index (χ3n) is 3.56. The second kappa shape index (κ2) is 8.75. The zero-order valence-corrected chi connectivity index (χ0v) is 16.6. The van der Waals surface area contributed by atoms with Crippen molar-refractivity contribution in [2.75, 3.05) is 11.9 Å². The van der Waals surface area contributed by atoms with Crippen LogP contribution >= 0.6 is 11.3 Å². The zero-order valence-electron chi connectivity index (χ0n) is 14.9. The molecule has 3 rings (SSSR count). The van der Waals surface area contributed by atoms with E-state index in [-0.39, 0.29) is 25.6 Å². The van der Waals surface area contributed by atoms with Gasteiger partial charge in [0, 0.05) is 18.3 Å². The minimum Gasteiger partial charge on any atom is -0.451 e. The van der Waals surface area contributed by atoms with Crippen molar-refractivity contribution in [3.8, 4) is 0 Å². The molecule has 0 spiro atoms. The topological polar surface area (TPSA) is 158 Å². The quantitative estimate of drug-likeness (QED) is 0.324. The van der Waals surface area contributed by atoms with E-state index in [2.05, 4.69) is 15.3 Å². The molecule has 0 saturated carbocycles. The van der Waals surface area contributed by atoms with Crippen molar-refractivity contribution in [3.05, 3.63) is 70.7 Å². The lowest BCUT2D eigenvalue weighted by Crippen LogP contribution is -2.21. The molecule has 1 N–H and O–H groups in total. The molecule has 1 aromatic carbocycles. The number of thiazole rings is 1. The molecule has 3 aromatic rings. The number of benzene rings is 1. The molecule has 0 saturated heterocycles. The van der Waals surface area contributed by atoms with Gasteiger partial charge in [-0.25, -0.2) is 23.2 Å². The van der Waals surface area contributed by atoms with Crippen LogP contribution in [0.5, 0.6) is 0 Å². The molecule has 30 heavy (non-hydrogen) atoms. The predicted octanol–water partition coefficient (Wildman–Crippen LogP) is 2.07. The lowest BCUT2D eigenvalue weighted by molar-refractivity contribution is -0.384. The predicted molar refractivity (Wildman–Crippen MR) is 104 cm³/mol. The molecule has 0 radical (unpaired) electrons. The molecule has 13 heteroatoms. The van der Waals surface area contributed by atoms with Crippen molar-refractivity contribution in [1.82, 2.24) is 9.97 Å². The summed E-state index contributed by atoms with van der Waals surface area (Å²) in [6.45, 7) is -0.612. The monoisotopic (exact) mass is 448 g/mol. The molecule has 0 fully saturated rings. The lowest BCUT2D eigenvalue weighted by atomic mass is 10.3. The largest absolute Gasteiger partial charge is 0.451 e. The first kappa shape index (κ1) is 21.0. The van der Waals surface area contributed by atoms with Crippen LogP contribution in [0.3, 0.4) is 0 Å². The molecule has 0 aliphatic heterocycles. The van der Waals surface area contributed by atoms with E-state index >= 15 is 0 Å². The van der Waals surface area contributed by atoms with Crippen molar-refractivity contribution >= 4 is 43.9 Å². The zero-order chi connectivity index (χ0) is 21.7. The van der Waals surface area contributed by atoms with Crippen LogP contribution in [0.25, 0.3) is 0 Å². The number of nitro benzene ring substituents is 1. The first-order valence-electron chi connectivity index (χ1n) is 8.11. The Morgan fingerprint density at radius 1 is 1.13 bits per heavy atom. The number of hydrogen-bond acceptors (Lipinski definition) is 10. The van der Waals surface area contributed by atoms with Gasteiger partial charge in [-0.3, -0.25) is 20.2 Å². The minimum atomic E-state index is -3.97. The van der Waals surface area contributed by atoms with Crippen molar-refractivity contribution in [1.29, 1.82) is 0 Å². The van der Waals surface area contributed by atoms with Gasteiger partial charge in [0.25, 0.3) is 11.6 Å². The number of carbonyl (C=O) groups excluding carboxylic acids is 2. The Morgan fingerprint density at radius 3 is 2.50 bits per heavy atom. The maximum absolute atomic E-state index is 12.6. The molecule has 2 aromatic heterocycles. The summed E-state index contributed by atoms with van der Waals surface area (Å²) in [6.07, 6.45) is 2.45. The third-order valence-corrected chi connectivity index (χ3v) is 6.71. The SMILES string of the molecule is O=C(COC(=O)c1ccccn1)Nc1ncc(S(=O)(=O)c2ccc([N+](=O)[O-])cc2)s1. The number of amides is 1. The number of pyridine rings is 1. The van der Waals surface area contributed by atoms with Crippen LogP contribution in [0.15, 0.2) is 64.0 Å². The maximum atomic E-state index is 12.6. The Morgan fingerprint density at radius 2 is 1.87 bits per heavy atom. The number of esters is 1. The average molecular weight is 448 g/mol. The lowest BCUT2D eigenvalue weighted by Gasteiger charge is -2.04. The number of sulfone groups is 1. The molecule has 1 amide bonds. The molecule has 0 aliphatic rings. The molecule has 0 bridgehead atoms. The van der Waals surface area contributed by atoms with Crippen LogP contribution in [0, 0.1) is 10.1 Å². The summed E-state index contributed by atoms with van der Waals surface area (Å²) in [5, 5.41) is 13.0. The molecule has 0 aliphatic carbocycles. The van der Waals surface area contributed by atoms with E-state index < -0.39 is 33.2 Å². The number of nitrogens with one attached hydrogen (secondary N) is 1. The first-order chi connectivity index (χ1) is 14.3. The van der Waals surface area contributed by atoms with Crippen molar-refractivity contribution in [2.45, 2.75) is 9.10 Å². The third kappa shape index (κ3) is 4.82. The number of ether oxygens (including phenoxy) is 1. The molecule has 0 unspecified atom stereocenters. The van der Waals surface area contributed by atoms with E-state index in [4.69, 9.17) is 4.74 Å². The van der Waals surface area contributed by atoms with Gasteiger partial charge < -0.3 is 4.74 Å². The Kier molecular flexibility index (Phi) is 6.13. The van der Waals surface area contributed by atoms with E-state index in [0.29, 0.717) is 11.3 Å². The Hall–Kier alpha value is -3.71. The van der Waals surface area contributed by atoms with Crippen molar-refractivity contribution < 1.29 is 27.7 Å². The van der Waals surface area contributed by atoms with Crippen LogP contribution in [-0.2, 0) is 19.4 Å².